The predicted molar refractivity (Wildman–Crippen MR) is 132 cm³/mol. The van der Waals surface area contributed by atoms with Gasteiger partial charge in [-0.1, -0.05) is 60.7 Å². The van der Waals surface area contributed by atoms with Crippen LogP contribution in [0.15, 0.2) is 90.5 Å². The molecule has 0 amide bonds. The fourth-order valence-electron chi connectivity index (χ4n) is 4.39. The molecule has 5 heteroatoms. The van der Waals surface area contributed by atoms with Gasteiger partial charge in [0.05, 0.1) is 11.6 Å². The summed E-state index contributed by atoms with van der Waals surface area (Å²) in [5, 5.41) is 3.35. The quantitative estimate of drug-likeness (QED) is 0.323. The first-order valence-electron chi connectivity index (χ1n) is 11.1. The van der Waals surface area contributed by atoms with Crippen molar-refractivity contribution in [3.63, 3.8) is 0 Å². The molecule has 5 nitrogen and oxygen atoms in total. The molecule has 168 valence electrons. The van der Waals surface area contributed by atoms with Gasteiger partial charge in [-0.25, -0.2) is 0 Å². The molecule has 0 fully saturated rings. The van der Waals surface area contributed by atoms with Crippen LogP contribution in [-0.4, -0.2) is 29.0 Å². The highest BCUT2D eigenvalue weighted by atomic mass is 16.5. The molecule has 1 atom stereocenters. The lowest BCUT2D eigenvalue weighted by molar-refractivity contribution is -0.112. The Morgan fingerprint density at radius 2 is 1.50 bits per heavy atom. The van der Waals surface area contributed by atoms with Crippen molar-refractivity contribution >= 4 is 34.9 Å². The van der Waals surface area contributed by atoms with Gasteiger partial charge in [-0.15, -0.1) is 0 Å². The molecule has 1 aliphatic heterocycles. The molecule has 3 aromatic rings. The van der Waals surface area contributed by atoms with Crippen LogP contribution in [0.2, 0.25) is 0 Å². The molecule has 2 aliphatic rings. The zero-order valence-corrected chi connectivity index (χ0v) is 18.9. The molecule has 1 heterocycles. The van der Waals surface area contributed by atoms with Gasteiger partial charge < -0.3 is 10.1 Å². The van der Waals surface area contributed by atoms with Gasteiger partial charge in [-0.3, -0.25) is 14.4 Å². The fraction of sp³-hybridized carbons (Fsp3) is 0.138. The Bertz CT molecular complexity index is 1360. The molecular formula is C29H23NO4. The van der Waals surface area contributed by atoms with Crippen LogP contribution in [0.1, 0.15) is 45.7 Å². The van der Waals surface area contributed by atoms with Gasteiger partial charge in [0.1, 0.15) is 11.4 Å². The Morgan fingerprint density at radius 3 is 2.21 bits per heavy atom. The zero-order chi connectivity index (χ0) is 23.9. The Labute approximate surface area is 197 Å². The Morgan fingerprint density at radius 1 is 0.853 bits per heavy atom. The molecule has 0 radical (unpaired) electrons. The maximum absolute atomic E-state index is 13.0. The number of allylic oxidation sites excluding steroid dienone is 1. The number of anilines is 1. The Balaban J connectivity index is 1.39. The summed E-state index contributed by atoms with van der Waals surface area (Å²) in [7, 11) is 0. The van der Waals surface area contributed by atoms with E-state index < -0.39 is 23.2 Å². The molecule has 5 rings (SSSR count). The highest BCUT2D eigenvalue weighted by molar-refractivity contribution is 6.52. The van der Waals surface area contributed by atoms with E-state index in [0.717, 1.165) is 11.3 Å². The van der Waals surface area contributed by atoms with Gasteiger partial charge in [0.15, 0.2) is 5.78 Å². The molecule has 1 aliphatic carbocycles. The van der Waals surface area contributed by atoms with Crippen LogP contribution in [0.25, 0.3) is 11.8 Å². The third-order valence-electron chi connectivity index (χ3n) is 6.17. The summed E-state index contributed by atoms with van der Waals surface area (Å²) in [6.07, 6.45) is 3.33. The van der Waals surface area contributed by atoms with E-state index >= 15 is 0 Å². The van der Waals surface area contributed by atoms with Crippen molar-refractivity contribution in [1.82, 2.24) is 0 Å². The topological polar surface area (TPSA) is 72.5 Å². The molecule has 34 heavy (non-hydrogen) atoms. The number of Topliss-reactive ketones (excluding diaryl/α,β-unsaturated/α-hetero) is 2. The van der Waals surface area contributed by atoms with Gasteiger partial charge in [0.25, 0.3) is 0 Å². The maximum atomic E-state index is 13.0. The second-order valence-electron chi connectivity index (χ2n) is 8.92. The third kappa shape index (κ3) is 3.75. The lowest BCUT2D eigenvalue weighted by atomic mass is 9.83. The lowest BCUT2D eigenvalue weighted by Crippen LogP contribution is -2.43. The summed E-state index contributed by atoms with van der Waals surface area (Å²) in [4.78, 5) is 38.3. The molecule has 0 aromatic heterocycles. The number of benzene rings is 3. The number of hydrogen-bond acceptors (Lipinski definition) is 5. The van der Waals surface area contributed by atoms with E-state index in [4.69, 9.17) is 4.74 Å². The summed E-state index contributed by atoms with van der Waals surface area (Å²) < 4.78 is 6.20. The van der Waals surface area contributed by atoms with Crippen molar-refractivity contribution in [1.29, 1.82) is 0 Å². The first kappa shape index (κ1) is 21.6. The second kappa shape index (κ2) is 8.27. The van der Waals surface area contributed by atoms with Gasteiger partial charge in [-0.2, -0.15) is 0 Å². The minimum atomic E-state index is -0.759. The van der Waals surface area contributed by atoms with Crippen molar-refractivity contribution in [2.24, 2.45) is 0 Å². The number of nitrogens with one attached hydrogen (secondary N) is 1. The molecule has 1 N–H and O–H groups in total. The van der Waals surface area contributed by atoms with E-state index in [9.17, 15) is 14.4 Å². The fourth-order valence-corrected chi connectivity index (χ4v) is 4.39. The number of hydrogen-bond donors (Lipinski definition) is 1. The van der Waals surface area contributed by atoms with Crippen LogP contribution < -0.4 is 5.32 Å². The minimum Gasteiger partial charge on any atom is -0.484 e. The van der Waals surface area contributed by atoms with Crippen LogP contribution >= 0.6 is 0 Å². The lowest BCUT2D eigenvalue weighted by Gasteiger charge is -2.29. The standard InChI is InChI=1S/C29H23NO4/c1-29(2)28(24-26(33)25(32)21-10-6-7-11-22(21)27(24)34-29)30-20-15-13-19(14-16-20)23(31)17-12-18-8-4-3-5-9-18/h3-17,28,30H,1-2H3/b17-12+. The van der Waals surface area contributed by atoms with E-state index in [1.54, 1.807) is 54.6 Å². The third-order valence-corrected chi connectivity index (χ3v) is 6.17. The predicted octanol–water partition coefficient (Wildman–Crippen LogP) is 5.35. The van der Waals surface area contributed by atoms with Crippen LogP contribution in [0.3, 0.4) is 0 Å². The van der Waals surface area contributed by atoms with Crippen LogP contribution in [-0.2, 0) is 9.53 Å². The Kier molecular flexibility index (Phi) is 5.25. The molecule has 0 saturated heterocycles. The molecule has 0 spiro atoms. The zero-order valence-electron chi connectivity index (χ0n) is 18.9. The molecule has 3 aromatic carbocycles. The van der Waals surface area contributed by atoms with Crippen molar-refractivity contribution in [2.75, 3.05) is 5.32 Å². The molecule has 1 unspecified atom stereocenters. The summed E-state index contributed by atoms with van der Waals surface area (Å²) >= 11 is 0. The van der Waals surface area contributed by atoms with Crippen LogP contribution in [0.4, 0.5) is 5.69 Å². The first-order valence-corrected chi connectivity index (χ1v) is 11.1. The monoisotopic (exact) mass is 449 g/mol. The van der Waals surface area contributed by atoms with Gasteiger partial charge >= 0.3 is 0 Å². The van der Waals surface area contributed by atoms with Crippen molar-refractivity contribution in [3.8, 4) is 0 Å². The van der Waals surface area contributed by atoms with E-state index in [2.05, 4.69) is 5.32 Å². The summed E-state index contributed by atoms with van der Waals surface area (Å²) in [6, 6.07) is 23.2. The number of fused-ring (bicyclic) bond motifs is 2. The number of carbonyl (C=O) groups excluding carboxylic acids is 3. The average molecular weight is 450 g/mol. The van der Waals surface area contributed by atoms with Gasteiger partial charge in [0.2, 0.25) is 11.6 Å². The maximum Gasteiger partial charge on any atom is 0.235 e. The van der Waals surface area contributed by atoms with E-state index in [1.165, 1.54) is 0 Å². The average Bonchev–Trinajstić information content (AvgIpc) is 3.12. The van der Waals surface area contributed by atoms with Gasteiger partial charge in [-0.05, 0) is 49.8 Å². The highest BCUT2D eigenvalue weighted by Gasteiger charge is 2.50. The van der Waals surface area contributed by atoms with E-state index in [0.29, 0.717) is 28.0 Å². The van der Waals surface area contributed by atoms with Crippen molar-refractivity contribution < 1.29 is 19.1 Å². The highest BCUT2D eigenvalue weighted by Crippen LogP contribution is 2.44. The number of carbonyl (C=O) groups is 3. The molecule has 0 bridgehead atoms. The van der Waals surface area contributed by atoms with Crippen molar-refractivity contribution in [2.45, 2.75) is 25.5 Å². The molecular weight excluding hydrogens is 426 g/mol. The first-order chi connectivity index (χ1) is 16.3. The Hall–Kier alpha value is -4.25. The summed E-state index contributed by atoms with van der Waals surface area (Å²) in [5.74, 6) is -0.710. The van der Waals surface area contributed by atoms with E-state index in [1.807, 2.05) is 50.2 Å². The second-order valence-corrected chi connectivity index (χ2v) is 8.92. The normalized spacial score (nSPS) is 18.5. The van der Waals surface area contributed by atoms with Crippen LogP contribution in [0, 0.1) is 0 Å². The largest absolute Gasteiger partial charge is 0.484 e. The number of ether oxygens (including phenoxy) is 1. The van der Waals surface area contributed by atoms with E-state index in [-0.39, 0.29) is 5.78 Å². The SMILES string of the molecule is CC1(C)OC2=C(C(=O)C(=O)c3ccccc32)C1Nc1ccc(C(=O)/C=C/c2ccccc2)cc1. The number of ketones is 3. The summed E-state index contributed by atoms with van der Waals surface area (Å²) in [6.45, 7) is 3.77. The van der Waals surface area contributed by atoms with Crippen LogP contribution in [0.5, 0.6) is 0 Å². The smallest absolute Gasteiger partial charge is 0.235 e. The molecule has 0 saturated carbocycles. The number of rotatable bonds is 5. The van der Waals surface area contributed by atoms with Crippen molar-refractivity contribution in [3.05, 3.63) is 113 Å². The minimum absolute atomic E-state index is 0.102. The van der Waals surface area contributed by atoms with Gasteiger partial charge in [0, 0.05) is 22.4 Å². The summed E-state index contributed by atoms with van der Waals surface area (Å²) in [5.41, 5.74) is 2.83.